The van der Waals surface area contributed by atoms with Crippen LogP contribution in [0.25, 0.3) is 0 Å². The maximum atomic E-state index is 12.7. The topological polar surface area (TPSA) is 89.3 Å². The van der Waals surface area contributed by atoms with Gasteiger partial charge in [-0.05, 0) is 31.9 Å². The maximum Gasteiger partial charge on any atom is 0.324 e. The monoisotopic (exact) mass is 451 g/mol. The summed E-state index contributed by atoms with van der Waals surface area (Å²) in [4.78, 5) is 25.7. The summed E-state index contributed by atoms with van der Waals surface area (Å²) in [6, 6.07) is 7.10. The Morgan fingerprint density at radius 1 is 1.30 bits per heavy atom. The van der Waals surface area contributed by atoms with Gasteiger partial charge in [0.1, 0.15) is 12.4 Å². The van der Waals surface area contributed by atoms with E-state index < -0.39 is 5.25 Å². The van der Waals surface area contributed by atoms with Crippen LogP contribution in [0.2, 0.25) is 5.02 Å². The predicted octanol–water partition coefficient (Wildman–Crippen LogP) is 3.90. The third-order valence-corrected chi connectivity index (χ3v) is 6.35. The first-order chi connectivity index (χ1) is 14.5. The average Bonchev–Trinajstić information content (AvgIpc) is 3.34. The zero-order valence-electron chi connectivity index (χ0n) is 17.3. The van der Waals surface area contributed by atoms with E-state index in [0.717, 1.165) is 12.8 Å². The second-order valence-electron chi connectivity index (χ2n) is 6.94. The molecule has 30 heavy (non-hydrogen) atoms. The number of hydrogen-bond acceptors (Lipinski definition) is 6. The molecular formula is C20H26ClN5O3S. The lowest BCUT2D eigenvalue weighted by atomic mass is 10.2. The third kappa shape index (κ3) is 4.89. The van der Waals surface area contributed by atoms with Gasteiger partial charge < -0.3 is 14.6 Å². The Hall–Kier alpha value is -2.26. The lowest BCUT2D eigenvalue weighted by Gasteiger charge is -2.21. The Morgan fingerprint density at radius 3 is 2.67 bits per heavy atom. The molecule has 1 unspecified atom stereocenters. The number of halogens is 1. The Bertz CT molecular complexity index is 902. The van der Waals surface area contributed by atoms with Crippen LogP contribution in [0, 0.1) is 0 Å². The van der Waals surface area contributed by atoms with Crippen LogP contribution < -0.4 is 10.1 Å². The number of rotatable bonds is 9. The van der Waals surface area contributed by atoms with Crippen molar-refractivity contribution in [2.45, 2.75) is 56.7 Å². The van der Waals surface area contributed by atoms with Gasteiger partial charge in [-0.1, -0.05) is 49.3 Å². The standard InChI is InChI=1S/C20H26ClN5O3S/c1-4-14(5-2)26-17(12-29-16-9-7-6-8-15(16)21)23-24-20(26)30-13(3)18(27)25-11-10-22-19(25)28/h6-9,13-14H,4-5,10-12H2,1-3H3,(H,22,28). The molecule has 1 saturated heterocycles. The Kier molecular flexibility index (Phi) is 7.60. The molecule has 10 heteroatoms. The summed E-state index contributed by atoms with van der Waals surface area (Å²) < 4.78 is 7.91. The number of carbonyl (C=O) groups is 2. The highest BCUT2D eigenvalue weighted by atomic mass is 35.5. The molecular weight excluding hydrogens is 426 g/mol. The fraction of sp³-hybridized carbons (Fsp3) is 0.500. The summed E-state index contributed by atoms with van der Waals surface area (Å²) in [6.45, 7) is 7.07. The highest BCUT2D eigenvalue weighted by Gasteiger charge is 2.32. The van der Waals surface area contributed by atoms with E-state index in [0.29, 0.717) is 34.8 Å². The molecule has 1 aliphatic heterocycles. The van der Waals surface area contributed by atoms with Crippen molar-refractivity contribution in [2.24, 2.45) is 0 Å². The number of para-hydroxylation sites is 1. The summed E-state index contributed by atoms with van der Waals surface area (Å²) in [5, 5.41) is 12.0. The lowest BCUT2D eigenvalue weighted by molar-refractivity contribution is -0.126. The molecule has 0 saturated carbocycles. The number of carbonyl (C=O) groups excluding carboxylic acids is 2. The van der Waals surface area contributed by atoms with Gasteiger partial charge >= 0.3 is 6.03 Å². The molecule has 3 amide bonds. The fourth-order valence-corrected chi connectivity index (χ4v) is 4.51. The van der Waals surface area contributed by atoms with Crippen molar-refractivity contribution < 1.29 is 14.3 Å². The zero-order valence-corrected chi connectivity index (χ0v) is 18.9. The minimum Gasteiger partial charge on any atom is -0.484 e. The van der Waals surface area contributed by atoms with Crippen LogP contribution in [0.1, 0.15) is 45.5 Å². The molecule has 1 aromatic carbocycles. The van der Waals surface area contributed by atoms with Gasteiger partial charge in [-0.2, -0.15) is 0 Å². The minimum absolute atomic E-state index is 0.171. The van der Waals surface area contributed by atoms with Crippen molar-refractivity contribution in [3.05, 3.63) is 35.1 Å². The van der Waals surface area contributed by atoms with Crippen molar-refractivity contribution >= 4 is 35.3 Å². The van der Waals surface area contributed by atoms with Crippen LogP contribution >= 0.6 is 23.4 Å². The first kappa shape index (κ1) is 22.4. The van der Waals surface area contributed by atoms with E-state index in [2.05, 4.69) is 29.4 Å². The first-order valence-electron chi connectivity index (χ1n) is 10.0. The van der Waals surface area contributed by atoms with Crippen LogP contribution in [0.5, 0.6) is 5.75 Å². The lowest BCUT2D eigenvalue weighted by Crippen LogP contribution is -2.39. The Morgan fingerprint density at radius 2 is 2.03 bits per heavy atom. The molecule has 1 fully saturated rings. The molecule has 162 valence electrons. The number of benzene rings is 1. The summed E-state index contributed by atoms with van der Waals surface area (Å²) in [7, 11) is 0. The van der Waals surface area contributed by atoms with E-state index in [-0.39, 0.29) is 24.6 Å². The number of amides is 3. The summed E-state index contributed by atoms with van der Waals surface area (Å²) >= 11 is 7.49. The van der Waals surface area contributed by atoms with Crippen LogP contribution in [-0.2, 0) is 11.4 Å². The van der Waals surface area contributed by atoms with E-state index >= 15 is 0 Å². The SMILES string of the molecule is CCC(CC)n1c(COc2ccccc2Cl)nnc1SC(C)C(=O)N1CCNC1=O. The number of aromatic nitrogens is 3. The molecule has 0 radical (unpaired) electrons. The number of nitrogens with zero attached hydrogens (tertiary/aromatic N) is 4. The third-order valence-electron chi connectivity index (χ3n) is 4.99. The number of hydrogen-bond donors (Lipinski definition) is 1. The van der Waals surface area contributed by atoms with Crippen LogP contribution in [-0.4, -0.2) is 49.9 Å². The van der Waals surface area contributed by atoms with Gasteiger partial charge in [-0.25, -0.2) is 4.79 Å². The van der Waals surface area contributed by atoms with Gasteiger partial charge in [0, 0.05) is 19.1 Å². The van der Waals surface area contributed by atoms with E-state index in [9.17, 15) is 9.59 Å². The minimum atomic E-state index is -0.469. The molecule has 1 aliphatic rings. The zero-order chi connectivity index (χ0) is 21.7. The second kappa shape index (κ2) is 10.2. The molecule has 0 aliphatic carbocycles. The van der Waals surface area contributed by atoms with Gasteiger partial charge in [0.15, 0.2) is 11.0 Å². The summed E-state index contributed by atoms with van der Waals surface area (Å²) in [6.07, 6.45) is 1.77. The Balaban J connectivity index is 1.79. The highest BCUT2D eigenvalue weighted by molar-refractivity contribution is 8.00. The molecule has 1 N–H and O–H groups in total. The normalized spacial score (nSPS) is 14.8. The molecule has 2 heterocycles. The molecule has 0 bridgehead atoms. The number of urea groups is 1. The highest BCUT2D eigenvalue weighted by Crippen LogP contribution is 2.30. The predicted molar refractivity (Wildman–Crippen MR) is 116 cm³/mol. The van der Waals surface area contributed by atoms with Crippen molar-refractivity contribution in [3.8, 4) is 5.75 Å². The molecule has 0 spiro atoms. The summed E-state index contributed by atoms with van der Waals surface area (Å²) in [5.41, 5.74) is 0. The van der Waals surface area contributed by atoms with E-state index in [1.54, 1.807) is 19.1 Å². The molecule has 8 nitrogen and oxygen atoms in total. The molecule has 1 atom stereocenters. The van der Waals surface area contributed by atoms with Gasteiger partial charge in [0.2, 0.25) is 5.91 Å². The van der Waals surface area contributed by atoms with Crippen molar-refractivity contribution in [1.82, 2.24) is 25.0 Å². The number of nitrogens with one attached hydrogen (secondary N) is 1. The van der Waals surface area contributed by atoms with Gasteiger partial charge in [0.25, 0.3) is 0 Å². The van der Waals surface area contributed by atoms with Crippen LogP contribution in [0.15, 0.2) is 29.4 Å². The quantitative estimate of drug-likeness (QED) is 0.581. The van der Waals surface area contributed by atoms with Gasteiger partial charge in [-0.15, -0.1) is 10.2 Å². The molecule has 3 rings (SSSR count). The van der Waals surface area contributed by atoms with Crippen LogP contribution in [0.3, 0.4) is 0 Å². The van der Waals surface area contributed by atoms with Crippen molar-refractivity contribution in [3.63, 3.8) is 0 Å². The average molecular weight is 452 g/mol. The first-order valence-corrected chi connectivity index (χ1v) is 11.3. The number of ether oxygens (including phenoxy) is 1. The molecule has 1 aromatic heterocycles. The maximum absolute atomic E-state index is 12.7. The number of imide groups is 1. The largest absolute Gasteiger partial charge is 0.484 e. The molecule has 2 aromatic rings. The summed E-state index contributed by atoms with van der Waals surface area (Å²) in [5.74, 6) is 1.02. The van der Waals surface area contributed by atoms with E-state index in [4.69, 9.17) is 16.3 Å². The fourth-order valence-electron chi connectivity index (χ4n) is 3.32. The van der Waals surface area contributed by atoms with E-state index in [1.165, 1.54) is 16.7 Å². The smallest absolute Gasteiger partial charge is 0.324 e. The second-order valence-corrected chi connectivity index (χ2v) is 8.66. The Labute approximate surface area is 185 Å². The van der Waals surface area contributed by atoms with Gasteiger partial charge in [0.05, 0.1) is 10.3 Å². The van der Waals surface area contributed by atoms with E-state index in [1.807, 2.05) is 16.7 Å². The van der Waals surface area contributed by atoms with Gasteiger partial charge in [-0.3, -0.25) is 9.69 Å². The van der Waals surface area contributed by atoms with Crippen LogP contribution in [0.4, 0.5) is 4.79 Å². The van der Waals surface area contributed by atoms with Crippen molar-refractivity contribution in [1.29, 1.82) is 0 Å². The number of thioether (sulfide) groups is 1. The van der Waals surface area contributed by atoms with Crippen molar-refractivity contribution in [2.75, 3.05) is 13.1 Å².